The Morgan fingerprint density at radius 2 is 1.93 bits per heavy atom. The van der Waals surface area contributed by atoms with Gasteiger partial charge in [0.05, 0.1) is 0 Å². The third kappa shape index (κ3) is 4.92. The number of fused-ring (bicyclic) bond motifs is 1. The van der Waals surface area contributed by atoms with Gasteiger partial charge in [0, 0.05) is 17.9 Å². The first-order chi connectivity index (χ1) is 12.6. The molecule has 27 heavy (non-hydrogen) atoms. The second-order valence-electron chi connectivity index (χ2n) is 6.33. The van der Waals surface area contributed by atoms with Gasteiger partial charge in [-0.2, -0.15) is 0 Å². The number of amides is 2. The number of hydrogen-bond donors (Lipinski definition) is 2. The summed E-state index contributed by atoms with van der Waals surface area (Å²) in [5.41, 5.74) is 8.57. The number of carbonyl (C=O) groups excluding carboxylic acids is 2. The maximum Gasteiger partial charge on any atom is 0.258 e. The fourth-order valence-corrected chi connectivity index (χ4v) is 3.12. The van der Waals surface area contributed by atoms with Crippen LogP contribution in [-0.4, -0.2) is 31.0 Å². The monoisotopic (exact) mass is 389 g/mol. The van der Waals surface area contributed by atoms with Crippen molar-refractivity contribution in [2.24, 2.45) is 0 Å². The highest BCUT2D eigenvalue weighted by molar-refractivity contribution is 6.00. The summed E-state index contributed by atoms with van der Waals surface area (Å²) < 4.78 is 5.41. The van der Waals surface area contributed by atoms with Gasteiger partial charge in [-0.25, -0.2) is 0 Å². The van der Waals surface area contributed by atoms with Gasteiger partial charge in [0.25, 0.3) is 5.91 Å². The highest BCUT2D eigenvalue weighted by atomic mass is 35.5. The minimum absolute atomic E-state index is 0. The lowest BCUT2D eigenvalue weighted by atomic mass is 9.99. The van der Waals surface area contributed by atoms with E-state index in [-0.39, 0.29) is 30.8 Å². The standard InChI is InChI=1S/C20H23N3O3.ClH/c1-14(22-19(24)13-26-15-7-3-2-4-8-15)20(25)23-12-6-9-16-17(21)10-5-11-18(16)23;/h2-5,7-8,10-11,14H,6,9,12-13,21H2,1H3,(H,22,24);1H. The molecule has 0 fully saturated rings. The van der Waals surface area contributed by atoms with Crippen LogP contribution in [0.25, 0.3) is 0 Å². The zero-order chi connectivity index (χ0) is 18.5. The molecule has 1 atom stereocenters. The molecule has 2 aromatic carbocycles. The van der Waals surface area contributed by atoms with E-state index in [1.165, 1.54) is 0 Å². The van der Waals surface area contributed by atoms with Crippen LogP contribution >= 0.6 is 12.4 Å². The van der Waals surface area contributed by atoms with E-state index in [2.05, 4.69) is 5.32 Å². The van der Waals surface area contributed by atoms with Crippen molar-refractivity contribution < 1.29 is 14.3 Å². The van der Waals surface area contributed by atoms with Gasteiger partial charge in [-0.15, -0.1) is 12.4 Å². The Morgan fingerprint density at radius 3 is 2.67 bits per heavy atom. The Kier molecular flexibility index (Phi) is 7.07. The number of hydrogen-bond acceptors (Lipinski definition) is 4. The average Bonchev–Trinajstić information content (AvgIpc) is 2.66. The third-order valence-corrected chi connectivity index (χ3v) is 4.41. The van der Waals surface area contributed by atoms with Crippen LogP contribution in [0, 0.1) is 0 Å². The molecule has 1 unspecified atom stereocenters. The normalized spacial score (nSPS) is 13.7. The number of nitrogens with one attached hydrogen (secondary N) is 1. The van der Waals surface area contributed by atoms with E-state index in [0.717, 1.165) is 24.1 Å². The molecule has 0 radical (unpaired) electrons. The fourth-order valence-electron chi connectivity index (χ4n) is 3.12. The second-order valence-corrected chi connectivity index (χ2v) is 6.33. The van der Waals surface area contributed by atoms with Gasteiger partial charge in [-0.3, -0.25) is 9.59 Å². The summed E-state index contributed by atoms with van der Waals surface area (Å²) in [5.74, 6) is 0.131. The van der Waals surface area contributed by atoms with Gasteiger partial charge < -0.3 is 20.7 Å². The number of anilines is 2. The summed E-state index contributed by atoms with van der Waals surface area (Å²) in [7, 11) is 0. The summed E-state index contributed by atoms with van der Waals surface area (Å²) in [6, 6.07) is 14.0. The first-order valence-corrected chi connectivity index (χ1v) is 8.72. The van der Waals surface area contributed by atoms with E-state index < -0.39 is 6.04 Å². The van der Waals surface area contributed by atoms with Gasteiger partial charge in [0.15, 0.2) is 6.61 Å². The predicted molar refractivity (Wildman–Crippen MR) is 108 cm³/mol. The molecule has 0 bridgehead atoms. The van der Waals surface area contributed by atoms with Gasteiger partial charge in [-0.1, -0.05) is 24.3 Å². The number of nitrogens with zero attached hydrogens (tertiary/aromatic N) is 1. The zero-order valence-corrected chi connectivity index (χ0v) is 16.0. The fraction of sp³-hybridized carbons (Fsp3) is 0.300. The summed E-state index contributed by atoms with van der Waals surface area (Å²) in [5, 5.41) is 2.71. The van der Waals surface area contributed by atoms with E-state index in [1.807, 2.05) is 36.4 Å². The van der Waals surface area contributed by atoms with Crippen molar-refractivity contribution in [2.75, 3.05) is 23.8 Å². The van der Waals surface area contributed by atoms with Crippen molar-refractivity contribution in [3.8, 4) is 5.75 Å². The minimum Gasteiger partial charge on any atom is -0.484 e. The van der Waals surface area contributed by atoms with E-state index in [1.54, 1.807) is 24.0 Å². The van der Waals surface area contributed by atoms with Crippen LogP contribution in [0.4, 0.5) is 11.4 Å². The molecule has 0 spiro atoms. The van der Waals surface area contributed by atoms with Gasteiger partial charge >= 0.3 is 0 Å². The van der Waals surface area contributed by atoms with Crippen LogP contribution in [0.2, 0.25) is 0 Å². The molecule has 0 saturated carbocycles. The number of nitrogens with two attached hydrogens (primary N) is 1. The molecule has 2 aromatic rings. The van der Waals surface area contributed by atoms with Crippen LogP contribution < -0.4 is 20.7 Å². The third-order valence-electron chi connectivity index (χ3n) is 4.41. The van der Waals surface area contributed by atoms with Crippen molar-refractivity contribution in [1.82, 2.24) is 5.32 Å². The summed E-state index contributed by atoms with van der Waals surface area (Å²) in [6.45, 7) is 2.17. The van der Waals surface area contributed by atoms with Crippen LogP contribution in [0.5, 0.6) is 5.75 Å². The Labute approximate surface area is 165 Å². The van der Waals surface area contributed by atoms with Crippen LogP contribution in [-0.2, 0) is 16.0 Å². The molecule has 1 aliphatic heterocycles. The molecule has 7 heteroatoms. The summed E-state index contributed by atoms with van der Waals surface area (Å²) >= 11 is 0. The maximum atomic E-state index is 12.8. The molecule has 1 heterocycles. The average molecular weight is 390 g/mol. The van der Waals surface area contributed by atoms with Crippen LogP contribution in [0.1, 0.15) is 18.9 Å². The lowest BCUT2D eigenvalue weighted by Gasteiger charge is -2.32. The first kappa shape index (κ1) is 20.6. The molecule has 0 aromatic heterocycles. The van der Waals surface area contributed by atoms with Crippen LogP contribution in [0.3, 0.4) is 0 Å². The largest absolute Gasteiger partial charge is 0.484 e. The van der Waals surface area contributed by atoms with E-state index in [9.17, 15) is 9.59 Å². The lowest BCUT2D eigenvalue weighted by molar-refractivity contribution is -0.128. The molecule has 1 aliphatic rings. The van der Waals surface area contributed by atoms with Crippen molar-refractivity contribution in [2.45, 2.75) is 25.8 Å². The highest BCUT2D eigenvalue weighted by Gasteiger charge is 2.28. The Balaban J connectivity index is 0.00000261. The topological polar surface area (TPSA) is 84.7 Å². The van der Waals surface area contributed by atoms with E-state index >= 15 is 0 Å². The van der Waals surface area contributed by atoms with Crippen molar-refractivity contribution in [3.63, 3.8) is 0 Å². The van der Waals surface area contributed by atoms with E-state index in [0.29, 0.717) is 18.0 Å². The first-order valence-electron chi connectivity index (χ1n) is 8.72. The molecule has 6 nitrogen and oxygen atoms in total. The number of para-hydroxylation sites is 1. The number of carbonyl (C=O) groups is 2. The maximum absolute atomic E-state index is 12.8. The van der Waals surface area contributed by atoms with Gasteiger partial charge in [0.2, 0.25) is 5.91 Å². The molecule has 2 amide bonds. The van der Waals surface area contributed by atoms with Crippen LogP contribution in [0.15, 0.2) is 48.5 Å². The van der Waals surface area contributed by atoms with Gasteiger partial charge in [0.1, 0.15) is 11.8 Å². The molecule has 0 aliphatic carbocycles. The Morgan fingerprint density at radius 1 is 1.19 bits per heavy atom. The quantitative estimate of drug-likeness (QED) is 0.769. The Hall–Kier alpha value is -2.73. The minimum atomic E-state index is -0.644. The molecule has 144 valence electrons. The highest BCUT2D eigenvalue weighted by Crippen LogP contribution is 2.31. The molecular formula is C20H24ClN3O3. The van der Waals surface area contributed by atoms with Crippen molar-refractivity contribution in [3.05, 3.63) is 54.1 Å². The van der Waals surface area contributed by atoms with Crippen molar-refractivity contribution >= 4 is 35.6 Å². The number of ether oxygens (including phenoxy) is 1. The number of rotatable bonds is 5. The summed E-state index contributed by atoms with van der Waals surface area (Å²) in [4.78, 5) is 26.6. The second kappa shape index (κ2) is 9.28. The van der Waals surface area contributed by atoms with Crippen molar-refractivity contribution in [1.29, 1.82) is 0 Å². The number of nitrogen functional groups attached to an aromatic ring is 1. The van der Waals surface area contributed by atoms with Gasteiger partial charge in [-0.05, 0) is 49.6 Å². The SMILES string of the molecule is CC(NC(=O)COc1ccccc1)C(=O)N1CCCc2c(N)cccc21.Cl. The molecule has 3 N–H and O–H groups in total. The molecular weight excluding hydrogens is 366 g/mol. The summed E-state index contributed by atoms with van der Waals surface area (Å²) in [6.07, 6.45) is 1.71. The number of halogens is 1. The zero-order valence-electron chi connectivity index (χ0n) is 15.2. The molecule has 3 rings (SSSR count). The Bertz CT molecular complexity index is 798. The smallest absolute Gasteiger partial charge is 0.258 e. The number of benzene rings is 2. The lowest BCUT2D eigenvalue weighted by Crippen LogP contribution is -2.49. The van der Waals surface area contributed by atoms with E-state index in [4.69, 9.17) is 10.5 Å². The molecule has 0 saturated heterocycles. The predicted octanol–water partition coefficient (Wildman–Crippen LogP) is 2.55.